The van der Waals surface area contributed by atoms with Gasteiger partial charge >= 0.3 is 0 Å². The highest BCUT2D eigenvalue weighted by Gasteiger charge is 2.48. The Kier molecular flexibility index (Phi) is 8.43. The van der Waals surface area contributed by atoms with Crippen molar-refractivity contribution in [3.8, 4) is 33.4 Å². The van der Waals surface area contributed by atoms with Gasteiger partial charge in [0.2, 0.25) is 0 Å². The van der Waals surface area contributed by atoms with Crippen molar-refractivity contribution >= 4 is 17.1 Å². The number of hydrogen-bond donors (Lipinski definition) is 0. The zero-order valence-corrected chi connectivity index (χ0v) is 37.3. The first-order chi connectivity index (χ1) is 33.2. The molecule has 10 aromatic rings. The summed E-state index contributed by atoms with van der Waals surface area (Å²) in [6, 6.07) is 89.9. The number of rotatable bonds is 8. The summed E-state index contributed by atoms with van der Waals surface area (Å²) >= 11 is 0. The van der Waals surface area contributed by atoms with Gasteiger partial charge in [-0.3, -0.25) is 0 Å². The van der Waals surface area contributed by atoms with Gasteiger partial charge in [0.05, 0.1) is 16.5 Å². The summed E-state index contributed by atoms with van der Waals surface area (Å²) in [5, 5.41) is 0. The summed E-state index contributed by atoms with van der Waals surface area (Å²) < 4.78 is 0. The molecule has 0 radical (unpaired) electrons. The number of aryl methyl sites for hydroxylation is 4. The minimum Gasteiger partial charge on any atom is -0.310 e. The van der Waals surface area contributed by atoms with E-state index < -0.39 is 10.8 Å². The van der Waals surface area contributed by atoms with E-state index in [0.717, 1.165) is 29.9 Å². The molecular weight excluding hydrogens is 807 g/mol. The van der Waals surface area contributed by atoms with E-state index in [4.69, 9.17) is 0 Å². The molecule has 10 aromatic carbocycles. The third kappa shape index (κ3) is 5.43. The van der Waals surface area contributed by atoms with E-state index in [9.17, 15) is 0 Å². The molecule has 0 atom stereocenters. The Hall–Kier alpha value is -8.00. The second-order valence-electron chi connectivity index (χ2n) is 19.0. The minimum atomic E-state index is -0.528. The van der Waals surface area contributed by atoms with Gasteiger partial charge < -0.3 is 4.90 Å². The molecule has 0 unspecified atom stereocenters. The van der Waals surface area contributed by atoms with Gasteiger partial charge in [-0.25, -0.2) is 0 Å². The monoisotopic (exact) mass is 853 g/mol. The molecule has 1 nitrogen and oxygen atoms in total. The standard InChI is InChI=1S/C66H47N/c1-4-16-46(17-5-1)55-22-12-15-27-64(55)67(54-36-38-58-56-23-10-13-25-60(56)65(63(58)43-54,49-18-6-2-7-19-49)50-20-8-3-9-21-50)53-37-39-62-59(42-53)57-24-11-14-26-61(57)66(62,51-34-32-44-28-30-47(44)40-51)52-35-33-45-29-31-48(45)41-52/h1-27,32-43H,28-31H2. The zero-order valence-electron chi connectivity index (χ0n) is 37.3. The van der Waals surface area contributed by atoms with Gasteiger partial charge in [0, 0.05) is 16.9 Å². The summed E-state index contributed by atoms with van der Waals surface area (Å²) in [5.41, 5.74) is 26.5. The van der Waals surface area contributed by atoms with E-state index >= 15 is 0 Å². The van der Waals surface area contributed by atoms with Crippen LogP contribution in [0.25, 0.3) is 33.4 Å². The minimum absolute atomic E-state index is 0.448. The molecule has 4 aliphatic carbocycles. The molecular formula is C66H47N. The Morgan fingerprint density at radius 3 is 1.30 bits per heavy atom. The van der Waals surface area contributed by atoms with Crippen LogP contribution in [-0.4, -0.2) is 0 Å². The third-order valence-electron chi connectivity index (χ3n) is 15.8. The number of hydrogen-bond acceptors (Lipinski definition) is 1. The average molecular weight is 854 g/mol. The Morgan fingerprint density at radius 1 is 0.269 bits per heavy atom. The van der Waals surface area contributed by atoms with E-state index in [1.807, 2.05) is 0 Å². The van der Waals surface area contributed by atoms with Gasteiger partial charge in [-0.05, 0) is 151 Å². The molecule has 0 saturated carbocycles. The molecule has 0 fully saturated rings. The Labute approximate surface area is 393 Å². The number of fused-ring (bicyclic) bond motifs is 8. The first-order valence-electron chi connectivity index (χ1n) is 24.0. The first-order valence-corrected chi connectivity index (χ1v) is 24.0. The number of para-hydroxylation sites is 1. The third-order valence-corrected chi connectivity index (χ3v) is 15.8. The highest BCUT2D eigenvalue weighted by molar-refractivity contribution is 5.95. The van der Waals surface area contributed by atoms with Crippen LogP contribution in [0.2, 0.25) is 0 Å². The summed E-state index contributed by atoms with van der Waals surface area (Å²) in [6.45, 7) is 0. The molecule has 0 bridgehead atoms. The SMILES string of the molecule is c1ccc(-c2ccccc2N(c2ccc3c(c2)-c2ccccc2C3(c2ccc3c(c2)CC3)c2ccc3c(c2)CC3)c2ccc3c(c2)C(c2ccccc2)(c2ccccc2)c2ccccc2-3)cc1. The summed E-state index contributed by atoms with van der Waals surface area (Å²) in [7, 11) is 0. The quantitative estimate of drug-likeness (QED) is 0.147. The van der Waals surface area contributed by atoms with Crippen molar-refractivity contribution in [3.05, 3.63) is 303 Å². The first kappa shape index (κ1) is 38.3. The molecule has 0 N–H and O–H groups in total. The molecule has 67 heavy (non-hydrogen) atoms. The Balaban J connectivity index is 1.04. The molecule has 0 aromatic heterocycles. The fourth-order valence-corrected chi connectivity index (χ4v) is 12.6. The lowest BCUT2D eigenvalue weighted by atomic mass is 9.65. The smallest absolute Gasteiger partial charge is 0.0714 e. The van der Waals surface area contributed by atoms with Crippen molar-refractivity contribution in [2.24, 2.45) is 0 Å². The maximum atomic E-state index is 2.54. The molecule has 0 heterocycles. The van der Waals surface area contributed by atoms with Crippen molar-refractivity contribution < 1.29 is 0 Å². The molecule has 14 rings (SSSR count). The van der Waals surface area contributed by atoms with Gasteiger partial charge in [0.15, 0.2) is 0 Å². The fraction of sp³-hybridized carbons (Fsp3) is 0.0909. The lowest BCUT2D eigenvalue weighted by Gasteiger charge is -2.37. The largest absolute Gasteiger partial charge is 0.310 e. The lowest BCUT2D eigenvalue weighted by molar-refractivity contribution is 0.740. The van der Waals surface area contributed by atoms with Gasteiger partial charge in [-0.1, -0.05) is 206 Å². The van der Waals surface area contributed by atoms with E-state index in [0.29, 0.717) is 0 Å². The predicted molar refractivity (Wildman–Crippen MR) is 276 cm³/mol. The van der Waals surface area contributed by atoms with Crippen LogP contribution in [0.4, 0.5) is 17.1 Å². The van der Waals surface area contributed by atoms with Crippen LogP contribution in [-0.2, 0) is 36.5 Å². The maximum absolute atomic E-state index is 2.54. The average Bonchev–Trinajstić information content (AvgIpc) is 3.84. The van der Waals surface area contributed by atoms with E-state index in [1.165, 1.54) is 113 Å². The molecule has 316 valence electrons. The van der Waals surface area contributed by atoms with Crippen molar-refractivity contribution in [1.29, 1.82) is 0 Å². The number of benzene rings is 10. The topological polar surface area (TPSA) is 3.24 Å². The van der Waals surface area contributed by atoms with Gasteiger partial charge in [0.25, 0.3) is 0 Å². The van der Waals surface area contributed by atoms with Crippen molar-refractivity contribution in [2.75, 3.05) is 4.90 Å². The predicted octanol–water partition coefficient (Wildman–Crippen LogP) is 15.7. The van der Waals surface area contributed by atoms with Gasteiger partial charge in [-0.2, -0.15) is 0 Å². The molecule has 1 heteroatoms. The highest BCUT2D eigenvalue weighted by Crippen LogP contribution is 2.60. The number of nitrogens with zero attached hydrogens (tertiary/aromatic N) is 1. The van der Waals surface area contributed by atoms with Crippen LogP contribution in [0.1, 0.15) is 66.8 Å². The van der Waals surface area contributed by atoms with Crippen LogP contribution in [0.3, 0.4) is 0 Å². The Morgan fingerprint density at radius 2 is 0.716 bits per heavy atom. The van der Waals surface area contributed by atoms with Crippen LogP contribution in [0.15, 0.2) is 237 Å². The fourth-order valence-electron chi connectivity index (χ4n) is 12.6. The summed E-state index contributed by atoms with van der Waals surface area (Å²) in [4.78, 5) is 2.53. The van der Waals surface area contributed by atoms with Crippen LogP contribution in [0.5, 0.6) is 0 Å². The van der Waals surface area contributed by atoms with Crippen molar-refractivity contribution in [2.45, 2.75) is 36.5 Å². The van der Waals surface area contributed by atoms with Gasteiger partial charge in [0.1, 0.15) is 0 Å². The van der Waals surface area contributed by atoms with Crippen molar-refractivity contribution in [1.82, 2.24) is 0 Å². The number of anilines is 3. The summed E-state index contributed by atoms with van der Waals surface area (Å²) in [6.07, 6.45) is 4.64. The van der Waals surface area contributed by atoms with E-state index in [1.54, 1.807) is 0 Å². The normalized spacial score (nSPS) is 14.9. The van der Waals surface area contributed by atoms with Gasteiger partial charge in [-0.15, -0.1) is 0 Å². The lowest BCUT2D eigenvalue weighted by Crippen LogP contribution is -2.30. The van der Waals surface area contributed by atoms with E-state index in [-0.39, 0.29) is 0 Å². The summed E-state index contributed by atoms with van der Waals surface area (Å²) in [5.74, 6) is 0. The zero-order chi connectivity index (χ0) is 44.1. The van der Waals surface area contributed by atoms with E-state index in [2.05, 4.69) is 241 Å². The van der Waals surface area contributed by atoms with Crippen LogP contribution < -0.4 is 4.90 Å². The second-order valence-corrected chi connectivity index (χ2v) is 19.0. The van der Waals surface area contributed by atoms with Crippen molar-refractivity contribution in [3.63, 3.8) is 0 Å². The van der Waals surface area contributed by atoms with Crippen LogP contribution in [0, 0.1) is 0 Å². The highest BCUT2D eigenvalue weighted by atomic mass is 15.1. The molecule has 0 aliphatic heterocycles. The van der Waals surface area contributed by atoms with Crippen LogP contribution >= 0.6 is 0 Å². The second kappa shape index (κ2) is 14.8. The Bertz CT molecular complexity index is 3490. The molecule has 0 spiro atoms. The molecule has 0 amide bonds. The molecule has 4 aliphatic rings. The molecule has 0 saturated heterocycles. The maximum Gasteiger partial charge on any atom is 0.0714 e.